The fourth-order valence-electron chi connectivity index (χ4n) is 2.63. The van der Waals surface area contributed by atoms with Crippen molar-refractivity contribution in [3.63, 3.8) is 0 Å². The highest BCUT2D eigenvalue weighted by Gasteiger charge is 2.33. The zero-order chi connectivity index (χ0) is 15.7. The van der Waals surface area contributed by atoms with Gasteiger partial charge < -0.3 is 10.0 Å². The number of carbonyl (C=O) groups is 1. The average molecular weight is 307 g/mol. The van der Waals surface area contributed by atoms with E-state index in [1.165, 1.54) is 0 Å². The molecule has 1 saturated heterocycles. The minimum absolute atomic E-state index is 0.0697. The second-order valence-electron chi connectivity index (χ2n) is 5.39. The molecule has 1 aliphatic heterocycles. The van der Waals surface area contributed by atoms with Gasteiger partial charge in [-0.3, -0.25) is 0 Å². The van der Waals surface area contributed by atoms with Crippen LogP contribution in [-0.2, 0) is 0 Å². The van der Waals surface area contributed by atoms with E-state index in [9.17, 15) is 18.7 Å². The Balaban J connectivity index is 2.04. The molecular formula is C15H15F2N3O2. The Kier molecular flexibility index (Phi) is 3.64. The summed E-state index contributed by atoms with van der Waals surface area (Å²) in [5, 5.41) is 9.35. The van der Waals surface area contributed by atoms with Crippen molar-refractivity contribution < 1.29 is 18.7 Å². The molecule has 0 saturated carbocycles. The Hall–Kier alpha value is -2.31. The van der Waals surface area contributed by atoms with Crippen molar-refractivity contribution in [1.82, 2.24) is 9.97 Å². The quantitative estimate of drug-likeness (QED) is 0.924. The van der Waals surface area contributed by atoms with Crippen molar-refractivity contribution in [2.75, 3.05) is 18.0 Å². The third-order valence-corrected chi connectivity index (χ3v) is 3.77. The number of hydrogen-bond donors (Lipinski definition) is 1. The molecule has 1 aromatic heterocycles. The van der Waals surface area contributed by atoms with E-state index < -0.39 is 11.9 Å². The summed E-state index contributed by atoms with van der Waals surface area (Å²) in [6.07, 6.45) is -0.200. The van der Waals surface area contributed by atoms with Gasteiger partial charge in [0.15, 0.2) is 11.5 Å². The fraction of sp³-hybridized carbons (Fsp3) is 0.400. The second kappa shape index (κ2) is 5.47. The average Bonchev–Trinajstić information content (AvgIpc) is 2.66. The van der Waals surface area contributed by atoms with Crippen molar-refractivity contribution in [2.45, 2.75) is 25.2 Å². The molecule has 0 bridgehead atoms. The molecule has 0 unspecified atom stereocenters. The number of carboxylic acids is 1. The first kappa shape index (κ1) is 14.6. The summed E-state index contributed by atoms with van der Waals surface area (Å²) < 4.78 is 27.0. The smallest absolute Gasteiger partial charge is 0.358 e. The van der Waals surface area contributed by atoms with Crippen LogP contribution in [0.25, 0.3) is 11.0 Å². The van der Waals surface area contributed by atoms with Crippen LogP contribution in [0.3, 0.4) is 0 Å². The van der Waals surface area contributed by atoms with Crippen LogP contribution in [0, 0.1) is 0 Å². The van der Waals surface area contributed by atoms with Gasteiger partial charge in [0.05, 0.1) is 11.0 Å². The molecule has 2 aromatic rings. The molecule has 1 fully saturated rings. The highest BCUT2D eigenvalue weighted by atomic mass is 19.3. The van der Waals surface area contributed by atoms with Gasteiger partial charge in [-0.15, -0.1) is 0 Å². The number of fused-ring (bicyclic) bond motifs is 1. The summed E-state index contributed by atoms with van der Waals surface area (Å²) in [6, 6.07) is 6.92. The summed E-state index contributed by atoms with van der Waals surface area (Å²) >= 11 is 0. The van der Waals surface area contributed by atoms with E-state index in [1.54, 1.807) is 29.2 Å². The van der Waals surface area contributed by atoms with Gasteiger partial charge in [0.2, 0.25) is 5.92 Å². The summed E-state index contributed by atoms with van der Waals surface area (Å²) in [6.45, 7) is 0.420. The van der Waals surface area contributed by atoms with E-state index in [4.69, 9.17) is 0 Å². The van der Waals surface area contributed by atoms with Gasteiger partial charge in [0.25, 0.3) is 0 Å². The van der Waals surface area contributed by atoms with Gasteiger partial charge in [-0.1, -0.05) is 12.1 Å². The highest BCUT2D eigenvalue weighted by molar-refractivity contribution is 5.94. The lowest BCUT2D eigenvalue weighted by atomic mass is 10.1. The topological polar surface area (TPSA) is 66.3 Å². The van der Waals surface area contributed by atoms with Crippen molar-refractivity contribution in [2.24, 2.45) is 0 Å². The monoisotopic (exact) mass is 307 g/mol. The standard InChI is InChI=1S/C15H15F2N3O2/c16-15(17)6-3-8-20(9-7-15)13-12(14(21)22)18-10-4-1-2-5-11(10)19-13/h1-2,4-5H,3,6-9H2,(H,21,22). The van der Waals surface area contributed by atoms with E-state index in [0.29, 0.717) is 24.0 Å². The first-order chi connectivity index (χ1) is 10.5. The summed E-state index contributed by atoms with van der Waals surface area (Å²) in [7, 11) is 0. The van der Waals surface area contributed by atoms with Crippen LogP contribution in [0.15, 0.2) is 24.3 Å². The predicted molar refractivity (Wildman–Crippen MR) is 77.5 cm³/mol. The van der Waals surface area contributed by atoms with Gasteiger partial charge in [-0.25, -0.2) is 23.5 Å². The molecule has 0 atom stereocenters. The third kappa shape index (κ3) is 2.84. The van der Waals surface area contributed by atoms with Crippen molar-refractivity contribution in [3.8, 4) is 0 Å². The molecule has 1 N–H and O–H groups in total. The second-order valence-corrected chi connectivity index (χ2v) is 5.39. The molecule has 5 nitrogen and oxygen atoms in total. The number of rotatable bonds is 2. The van der Waals surface area contributed by atoms with Crippen LogP contribution >= 0.6 is 0 Å². The fourth-order valence-corrected chi connectivity index (χ4v) is 2.63. The van der Waals surface area contributed by atoms with Crippen LogP contribution in [0.4, 0.5) is 14.6 Å². The molecule has 0 radical (unpaired) electrons. The van der Waals surface area contributed by atoms with Crippen LogP contribution < -0.4 is 4.90 Å². The summed E-state index contributed by atoms with van der Waals surface area (Å²) in [5.41, 5.74) is 0.839. The lowest BCUT2D eigenvalue weighted by molar-refractivity contribution is -0.0102. The van der Waals surface area contributed by atoms with Gasteiger partial charge in [0, 0.05) is 25.9 Å². The van der Waals surface area contributed by atoms with Gasteiger partial charge >= 0.3 is 5.97 Å². The zero-order valence-electron chi connectivity index (χ0n) is 11.8. The maximum atomic E-state index is 13.5. The molecule has 2 heterocycles. The van der Waals surface area contributed by atoms with E-state index in [2.05, 4.69) is 9.97 Å². The third-order valence-electron chi connectivity index (χ3n) is 3.77. The van der Waals surface area contributed by atoms with Crippen molar-refractivity contribution in [1.29, 1.82) is 0 Å². The maximum Gasteiger partial charge on any atom is 0.358 e. The number of halogens is 2. The Morgan fingerprint density at radius 3 is 2.50 bits per heavy atom. The van der Waals surface area contributed by atoms with Gasteiger partial charge in [-0.05, 0) is 18.6 Å². The molecule has 3 rings (SSSR count). The van der Waals surface area contributed by atoms with E-state index in [1.807, 2.05) is 0 Å². The molecule has 0 aliphatic carbocycles. The first-order valence-corrected chi connectivity index (χ1v) is 7.09. The number of aromatic carboxylic acids is 1. The van der Waals surface area contributed by atoms with Crippen molar-refractivity contribution >= 4 is 22.8 Å². The van der Waals surface area contributed by atoms with E-state index in [-0.39, 0.29) is 30.9 Å². The number of carboxylic acid groups (broad SMARTS) is 1. The molecule has 116 valence electrons. The van der Waals surface area contributed by atoms with Gasteiger partial charge in [-0.2, -0.15) is 0 Å². The van der Waals surface area contributed by atoms with E-state index in [0.717, 1.165) is 0 Å². The molecule has 7 heteroatoms. The number of alkyl halides is 2. The van der Waals surface area contributed by atoms with Crippen LogP contribution in [-0.4, -0.2) is 40.1 Å². The van der Waals surface area contributed by atoms with Crippen LogP contribution in [0.1, 0.15) is 29.8 Å². The highest BCUT2D eigenvalue weighted by Crippen LogP contribution is 2.30. The Morgan fingerprint density at radius 1 is 1.14 bits per heavy atom. The van der Waals surface area contributed by atoms with Gasteiger partial charge in [0.1, 0.15) is 0 Å². The summed E-state index contributed by atoms with van der Waals surface area (Å²) in [5.74, 6) is -3.74. The molecule has 0 spiro atoms. The number of benzene rings is 1. The minimum atomic E-state index is -2.71. The van der Waals surface area contributed by atoms with Crippen LogP contribution in [0.5, 0.6) is 0 Å². The van der Waals surface area contributed by atoms with Crippen LogP contribution in [0.2, 0.25) is 0 Å². The largest absolute Gasteiger partial charge is 0.476 e. The molecule has 1 aromatic carbocycles. The Morgan fingerprint density at radius 2 is 1.82 bits per heavy atom. The molecular weight excluding hydrogens is 292 g/mol. The number of hydrogen-bond acceptors (Lipinski definition) is 4. The SMILES string of the molecule is O=C(O)c1nc2ccccc2nc1N1CCCC(F)(F)CC1. The number of para-hydroxylation sites is 2. The zero-order valence-corrected chi connectivity index (χ0v) is 11.8. The first-order valence-electron chi connectivity index (χ1n) is 7.09. The lowest BCUT2D eigenvalue weighted by Gasteiger charge is -2.23. The number of aromatic nitrogens is 2. The Labute approximate surface area is 125 Å². The molecule has 22 heavy (non-hydrogen) atoms. The molecule has 1 aliphatic rings. The summed E-state index contributed by atoms with van der Waals surface area (Å²) in [4.78, 5) is 21.5. The van der Waals surface area contributed by atoms with E-state index >= 15 is 0 Å². The lowest BCUT2D eigenvalue weighted by Crippen LogP contribution is -2.29. The molecule has 0 amide bonds. The minimum Gasteiger partial charge on any atom is -0.476 e. The number of anilines is 1. The maximum absolute atomic E-state index is 13.5. The predicted octanol–water partition coefficient (Wildman–Crippen LogP) is 2.95. The Bertz CT molecular complexity index is 721. The van der Waals surface area contributed by atoms with Crippen molar-refractivity contribution in [3.05, 3.63) is 30.0 Å². The number of nitrogens with zero attached hydrogens (tertiary/aromatic N) is 3. The normalized spacial score (nSPS) is 18.2.